The molecule has 1 atom stereocenters. The van der Waals surface area contributed by atoms with Crippen LogP contribution in [-0.2, 0) is 22.6 Å². The van der Waals surface area contributed by atoms with Gasteiger partial charge < -0.3 is 24.4 Å². The summed E-state index contributed by atoms with van der Waals surface area (Å²) in [6, 6.07) is 12.7. The van der Waals surface area contributed by atoms with Crippen molar-refractivity contribution in [3.63, 3.8) is 0 Å². The van der Waals surface area contributed by atoms with Gasteiger partial charge in [0.05, 0.1) is 21.3 Å². The SMILES string of the molecule is CCC(C(=O)NCC(C)C)N(Cc1ccc(OC)cc1)C(=O)CCc1ccc(OC)c(OC)c1. The van der Waals surface area contributed by atoms with E-state index in [-0.39, 0.29) is 18.2 Å². The van der Waals surface area contributed by atoms with Crippen LogP contribution in [0.25, 0.3) is 0 Å². The molecule has 7 nitrogen and oxygen atoms in total. The van der Waals surface area contributed by atoms with Gasteiger partial charge in [-0.15, -0.1) is 0 Å². The van der Waals surface area contributed by atoms with Crippen molar-refractivity contribution < 1.29 is 23.8 Å². The van der Waals surface area contributed by atoms with Gasteiger partial charge in [0.1, 0.15) is 11.8 Å². The molecule has 2 rings (SSSR count). The predicted molar refractivity (Wildman–Crippen MR) is 133 cm³/mol. The standard InChI is InChI=1S/C27H38N2O5/c1-7-23(27(31)28-17-19(2)3)29(18-21-8-12-22(32-4)13-9-21)26(30)15-11-20-10-14-24(33-5)25(16-20)34-6/h8-10,12-14,16,19,23H,7,11,15,17-18H2,1-6H3,(H,28,31). The maximum atomic E-state index is 13.4. The molecule has 2 aromatic rings. The van der Waals surface area contributed by atoms with Gasteiger partial charge in [-0.3, -0.25) is 9.59 Å². The minimum Gasteiger partial charge on any atom is -0.497 e. The Morgan fingerprint density at radius 3 is 2.12 bits per heavy atom. The second-order valence-corrected chi connectivity index (χ2v) is 8.62. The number of nitrogens with zero attached hydrogens (tertiary/aromatic N) is 1. The Bertz CT molecular complexity index is 927. The molecule has 0 fully saturated rings. The highest BCUT2D eigenvalue weighted by Gasteiger charge is 2.28. The summed E-state index contributed by atoms with van der Waals surface area (Å²) >= 11 is 0. The molecule has 1 N–H and O–H groups in total. The topological polar surface area (TPSA) is 77.1 Å². The minimum absolute atomic E-state index is 0.0721. The highest BCUT2D eigenvalue weighted by molar-refractivity contribution is 5.87. The fourth-order valence-electron chi connectivity index (χ4n) is 3.70. The average Bonchev–Trinajstić information content (AvgIpc) is 2.85. The zero-order valence-electron chi connectivity index (χ0n) is 21.2. The minimum atomic E-state index is -0.543. The fourth-order valence-corrected chi connectivity index (χ4v) is 3.70. The van der Waals surface area contributed by atoms with Gasteiger partial charge in [-0.1, -0.05) is 39.0 Å². The summed E-state index contributed by atoms with van der Waals surface area (Å²) in [6.45, 7) is 6.95. The number of rotatable bonds is 13. The second-order valence-electron chi connectivity index (χ2n) is 8.62. The van der Waals surface area contributed by atoms with Crippen molar-refractivity contribution in [2.75, 3.05) is 27.9 Å². The molecule has 0 aromatic heterocycles. The average molecular weight is 471 g/mol. The molecular weight excluding hydrogens is 432 g/mol. The summed E-state index contributed by atoms with van der Waals surface area (Å²) < 4.78 is 15.9. The zero-order valence-corrected chi connectivity index (χ0v) is 21.2. The number of ether oxygens (including phenoxy) is 3. The lowest BCUT2D eigenvalue weighted by molar-refractivity contribution is -0.141. The van der Waals surface area contributed by atoms with Crippen molar-refractivity contribution in [1.82, 2.24) is 10.2 Å². The molecule has 0 saturated carbocycles. The Labute approximate surface area is 203 Å². The van der Waals surface area contributed by atoms with Gasteiger partial charge in [0, 0.05) is 19.5 Å². The van der Waals surface area contributed by atoms with Gasteiger partial charge in [0.25, 0.3) is 0 Å². The molecule has 0 aliphatic rings. The number of carbonyl (C=O) groups is 2. The van der Waals surface area contributed by atoms with Crippen molar-refractivity contribution in [3.05, 3.63) is 53.6 Å². The highest BCUT2D eigenvalue weighted by atomic mass is 16.5. The molecule has 0 radical (unpaired) electrons. The number of carbonyl (C=O) groups excluding carboxylic acids is 2. The predicted octanol–water partition coefficient (Wildman–Crippen LogP) is 4.22. The van der Waals surface area contributed by atoms with E-state index >= 15 is 0 Å². The molecule has 2 amide bonds. The van der Waals surface area contributed by atoms with Crippen LogP contribution in [-0.4, -0.2) is 50.6 Å². The normalized spacial score (nSPS) is 11.6. The van der Waals surface area contributed by atoms with E-state index in [1.807, 2.05) is 63.2 Å². The van der Waals surface area contributed by atoms with Crippen LogP contribution in [0, 0.1) is 5.92 Å². The fraction of sp³-hybridized carbons (Fsp3) is 0.481. The Balaban J connectivity index is 2.22. The van der Waals surface area contributed by atoms with E-state index in [1.165, 1.54) is 0 Å². The first-order valence-corrected chi connectivity index (χ1v) is 11.7. The summed E-state index contributed by atoms with van der Waals surface area (Å²) in [5.41, 5.74) is 1.91. The Morgan fingerprint density at radius 2 is 1.56 bits per heavy atom. The number of benzene rings is 2. The van der Waals surface area contributed by atoms with Crippen molar-refractivity contribution in [3.8, 4) is 17.2 Å². The molecular formula is C27H38N2O5. The van der Waals surface area contributed by atoms with Gasteiger partial charge in [0.15, 0.2) is 11.5 Å². The number of hydrogen-bond donors (Lipinski definition) is 1. The highest BCUT2D eigenvalue weighted by Crippen LogP contribution is 2.28. The van der Waals surface area contributed by atoms with Crippen LogP contribution in [0.3, 0.4) is 0 Å². The molecule has 0 heterocycles. The molecule has 0 aliphatic carbocycles. The second kappa shape index (κ2) is 13.5. The first-order valence-electron chi connectivity index (χ1n) is 11.7. The number of amides is 2. The summed E-state index contributed by atoms with van der Waals surface area (Å²) in [4.78, 5) is 28.1. The van der Waals surface area contributed by atoms with E-state index < -0.39 is 6.04 Å². The van der Waals surface area contributed by atoms with Crippen molar-refractivity contribution in [2.24, 2.45) is 5.92 Å². The van der Waals surface area contributed by atoms with E-state index in [4.69, 9.17) is 14.2 Å². The lowest BCUT2D eigenvalue weighted by Crippen LogP contribution is -2.49. The Kier molecular flexibility index (Phi) is 10.7. The van der Waals surface area contributed by atoms with Gasteiger partial charge >= 0.3 is 0 Å². The Hall–Kier alpha value is -3.22. The summed E-state index contributed by atoms with van der Waals surface area (Å²) in [7, 11) is 4.80. The third kappa shape index (κ3) is 7.68. The molecule has 7 heteroatoms. The maximum Gasteiger partial charge on any atom is 0.242 e. The largest absolute Gasteiger partial charge is 0.497 e. The zero-order chi connectivity index (χ0) is 25.1. The van der Waals surface area contributed by atoms with Crippen molar-refractivity contribution in [1.29, 1.82) is 0 Å². The molecule has 0 saturated heterocycles. The van der Waals surface area contributed by atoms with Gasteiger partial charge in [-0.05, 0) is 54.2 Å². The smallest absolute Gasteiger partial charge is 0.242 e. The van der Waals surface area contributed by atoms with E-state index in [2.05, 4.69) is 5.32 Å². The third-order valence-corrected chi connectivity index (χ3v) is 5.66. The number of aryl methyl sites for hydroxylation is 1. The summed E-state index contributed by atoms with van der Waals surface area (Å²) in [5.74, 6) is 2.16. The summed E-state index contributed by atoms with van der Waals surface area (Å²) in [5, 5.41) is 2.99. The number of hydrogen-bond acceptors (Lipinski definition) is 5. The van der Waals surface area contributed by atoms with Crippen LogP contribution in [0.4, 0.5) is 0 Å². The third-order valence-electron chi connectivity index (χ3n) is 5.66. The number of methoxy groups -OCH3 is 3. The quantitative estimate of drug-likeness (QED) is 0.474. The lowest BCUT2D eigenvalue weighted by Gasteiger charge is -2.31. The molecule has 1 unspecified atom stereocenters. The van der Waals surface area contributed by atoms with Crippen LogP contribution in [0.2, 0.25) is 0 Å². The molecule has 0 bridgehead atoms. The van der Waals surface area contributed by atoms with E-state index in [1.54, 1.807) is 26.2 Å². The van der Waals surface area contributed by atoms with E-state index in [9.17, 15) is 9.59 Å². The van der Waals surface area contributed by atoms with Crippen LogP contribution in [0.15, 0.2) is 42.5 Å². The molecule has 186 valence electrons. The van der Waals surface area contributed by atoms with Crippen LogP contribution in [0.5, 0.6) is 17.2 Å². The maximum absolute atomic E-state index is 13.4. The van der Waals surface area contributed by atoms with Gasteiger partial charge in [-0.25, -0.2) is 0 Å². The Morgan fingerprint density at radius 1 is 0.912 bits per heavy atom. The van der Waals surface area contributed by atoms with Crippen LogP contribution in [0.1, 0.15) is 44.7 Å². The number of nitrogens with one attached hydrogen (secondary N) is 1. The van der Waals surface area contributed by atoms with Gasteiger partial charge in [-0.2, -0.15) is 0 Å². The van der Waals surface area contributed by atoms with Crippen LogP contribution < -0.4 is 19.5 Å². The van der Waals surface area contributed by atoms with Crippen molar-refractivity contribution in [2.45, 2.75) is 52.6 Å². The van der Waals surface area contributed by atoms with E-state index in [0.29, 0.717) is 43.3 Å². The molecule has 2 aromatic carbocycles. The van der Waals surface area contributed by atoms with E-state index in [0.717, 1.165) is 16.9 Å². The first kappa shape index (κ1) is 27.0. The monoisotopic (exact) mass is 470 g/mol. The lowest BCUT2D eigenvalue weighted by atomic mass is 10.1. The molecule has 0 aliphatic heterocycles. The van der Waals surface area contributed by atoms with Crippen LogP contribution >= 0.6 is 0 Å². The first-order chi connectivity index (χ1) is 16.3. The van der Waals surface area contributed by atoms with Gasteiger partial charge in [0.2, 0.25) is 11.8 Å². The molecule has 0 spiro atoms. The van der Waals surface area contributed by atoms with Crippen molar-refractivity contribution >= 4 is 11.8 Å². The molecule has 34 heavy (non-hydrogen) atoms. The summed E-state index contributed by atoms with van der Waals surface area (Å²) in [6.07, 6.45) is 1.34.